The van der Waals surface area contributed by atoms with Crippen molar-refractivity contribution in [2.24, 2.45) is 5.92 Å². The number of imide groups is 1. The van der Waals surface area contributed by atoms with Crippen LogP contribution in [0, 0.1) is 5.92 Å². The lowest BCUT2D eigenvalue weighted by Gasteiger charge is -2.15. The highest BCUT2D eigenvalue weighted by Crippen LogP contribution is 2.32. The van der Waals surface area contributed by atoms with Crippen molar-refractivity contribution in [1.29, 1.82) is 0 Å². The molecule has 0 unspecified atom stereocenters. The molecule has 0 fully saturated rings. The van der Waals surface area contributed by atoms with Gasteiger partial charge in [0, 0.05) is 24.2 Å². The molecule has 154 valence electrons. The first-order valence-corrected chi connectivity index (χ1v) is 9.41. The van der Waals surface area contributed by atoms with Crippen molar-refractivity contribution >= 4 is 22.7 Å². The van der Waals surface area contributed by atoms with Crippen LogP contribution in [0.2, 0.25) is 0 Å². The van der Waals surface area contributed by atoms with Crippen LogP contribution in [0.5, 0.6) is 11.5 Å². The summed E-state index contributed by atoms with van der Waals surface area (Å²) in [5.74, 6) is 0.329. The molecule has 3 aromatic rings. The first kappa shape index (κ1) is 19.6. The van der Waals surface area contributed by atoms with Gasteiger partial charge in [0.25, 0.3) is 11.8 Å². The number of rotatable bonds is 5. The molecule has 0 spiro atoms. The summed E-state index contributed by atoms with van der Waals surface area (Å²) in [7, 11) is 2.96. The number of hydrogen-bond acceptors (Lipinski definition) is 7. The van der Waals surface area contributed by atoms with Gasteiger partial charge in [0.1, 0.15) is 0 Å². The fraction of sp³-hybridized carbons (Fsp3) is 0.273. The number of amides is 2. The van der Waals surface area contributed by atoms with E-state index in [4.69, 9.17) is 13.9 Å². The van der Waals surface area contributed by atoms with E-state index in [0.29, 0.717) is 34.7 Å². The van der Waals surface area contributed by atoms with Crippen LogP contribution in [0.1, 0.15) is 34.6 Å². The summed E-state index contributed by atoms with van der Waals surface area (Å²) < 4.78 is 15.9. The van der Waals surface area contributed by atoms with Crippen molar-refractivity contribution in [3.63, 3.8) is 0 Å². The van der Waals surface area contributed by atoms with Gasteiger partial charge < -0.3 is 13.9 Å². The summed E-state index contributed by atoms with van der Waals surface area (Å²) in [6.07, 6.45) is 0. The SMILES string of the molecule is COc1cc2nc(-c3ccc4c(c3)C(=O)N(CC(C)C)C4=O)oc(=O)c2cc1OC. The summed E-state index contributed by atoms with van der Waals surface area (Å²) in [6.45, 7) is 4.21. The van der Waals surface area contributed by atoms with E-state index in [-0.39, 0.29) is 34.6 Å². The number of ether oxygens (including phenoxy) is 2. The second-order valence-corrected chi connectivity index (χ2v) is 7.41. The smallest absolute Gasteiger partial charge is 0.347 e. The van der Waals surface area contributed by atoms with E-state index >= 15 is 0 Å². The van der Waals surface area contributed by atoms with Crippen molar-refractivity contribution in [2.75, 3.05) is 20.8 Å². The van der Waals surface area contributed by atoms with Crippen molar-refractivity contribution in [1.82, 2.24) is 9.88 Å². The van der Waals surface area contributed by atoms with Gasteiger partial charge in [-0.2, -0.15) is 0 Å². The van der Waals surface area contributed by atoms with Gasteiger partial charge in [-0.15, -0.1) is 0 Å². The Balaban J connectivity index is 1.81. The van der Waals surface area contributed by atoms with Crippen LogP contribution >= 0.6 is 0 Å². The molecular weight excluding hydrogens is 388 g/mol. The van der Waals surface area contributed by atoms with Gasteiger partial charge in [0.2, 0.25) is 5.89 Å². The molecule has 0 saturated heterocycles. The summed E-state index contributed by atoms with van der Waals surface area (Å²) in [4.78, 5) is 43.4. The zero-order chi connectivity index (χ0) is 21.6. The summed E-state index contributed by atoms with van der Waals surface area (Å²) >= 11 is 0. The maximum absolute atomic E-state index is 12.7. The predicted octanol–water partition coefficient (Wildman–Crippen LogP) is 3.12. The molecule has 1 aliphatic heterocycles. The van der Waals surface area contributed by atoms with E-state index in [1.165, 1.54) is 31.3 Å². The average Bonchev–Trinajstić information content (AvgIpc) is 2.96. The summed E-state index contributed by atoms with van der Waals surface area (Å²) in [5.41, 5.74) is 0.799. The van der Waals surface area contributed by atoms with Crippen molar-refractivity contribution in [2.45, 2.75) is 13.8 Å². The number of fused-ring (bicyclic) bond motifs is 2. The number of carbonyl (C=O) groups is 2. The molecular formula is C22H20N2O6. The number of methoxy groups -OCH3 is 2. The van der Waals surface area contributed by atoms with E-state index in [2.05, 4.69) is 4.98 Å². The topological polar surface area (TPSA) is 98.9 Å². The monoisotopic (exact) mass is 408 g/mol. The van der Waals surface area contributed by atoms with E-state index in [9.17, 15) is 14.4 Å². The van der Waals surface area contributed by atoms with Gasteiger partial charge in [0.05, 0.1) is 36.2 Å². The third kappa shape index (κ3) is 3.10. The van der Waals surface area contributed by atoms with Gasteiger partial charge in [-0.05, 0) is 24.1 Å². The minimum absolute atomic E-state index is 0.0464. The van der Waals surface area contributed by atoms with E-state index in [1.54, 1.807) is 18.2 Å². The molecule has 30 heavy (non-hydrogen) atoms. The maximum atomic E-state index is 12.7. The van der Waals surface area contributed by atoms with Crippen LogP contribution in [0.15, 0.2) is 39.5 Å². The molecule has 8 heteroatoms. The highest BCUT2D eigenvalue weighted by molar-refractivity contribution is 6.21. The fourth-order valence-electron chi connectivity index (χ4n) is 3.48. The van der Waals surface area contributed by atoms with Crippen LogP contribution < -0.4 is 15.1 Å². The molecule has 0 radical (unpaired) electrons. The molecule has 0 atom stereocenters. The second kappa shape index (κ2) is 7.29. The lowest BCUT2D eigenvalue weighted by Crippen LogP contribution is -2.33. The first-order chi connectivity index (χ1) is 14.3. The molecule has 0 N–H and O–H groups in total. The Labute approximate surface area is 172 Å². The third-order valence-electron chi connectivity index (χ3n) is 4.90. The highest BCUT2D eigenvalue weighted by Gasteiger charge is 2.36. The highest BCUT2D eigenvalue weighted by atomic mass is 16.5. The molecule has 2 amide bonds. The Morgan fingerprint density at radius 3 is 2.30 bits per heavy atom. The third-order valence-corrected chi connectivity index (χ3v) is 4.90. The van der Waals surface area contributed by atoms with Gasteiger partial charge in [0.15, 0.2) is 11.5 Å². The zero-order valence-corrected chi connectivity index (χ0v) is 17.0. The van der Waals surface area contributed by atoms with Crippen molar-refractivity contribution in [3.8, 4) is 23.0 Å². The van der Waals surface area contributed by atoms with Crippen molar-refractivity contribution < 1.29 is 23.5 Å². The number of carbonyl (C=O) groups excluding carboxylic acids is 2. The number of nitrogens with zero attached hydrogens (tertiary/aromatic N) is 2. The Bertz CT molecular complexity index is 1240. The van der Waals surface area contributed by atoms with E-state index in [1.807, 2.05) is 13.8 Å². The minimum atomic E-state index is -0.597. The predicted molar refractivity (Wildman–Crippen MR) is 109 cm³/mol. The lowest BCUT2D eigenvalue weighted by atomic mass is 10.1. The fourth-order valence-corrected chi connectivity index (χ4v) is 3.48. The Kier molecular flexibility index (Phi) is 4.77. The van der Waals surface area contributed by atoms with Crippen molar-refractivity contribution in [3.05, 3.63) is 51.9 Å². The molecule has 2 aromatic carbocycles. The molecule has 4 rings (SSSR count). The molecule has 0 bridgehead atoms. The zero-order valence-electron chi connectivity index (χ0n) is 17.0. The van der Waals surface area contributed by atoms with Crippen LogP contribution in [-0.4, -0.2) is 42.5 Å². The summed E-state index contributed by atoms with van der Waals surface area (Å²) in [5, 5.41) is 0.243. The van der Waals surface area contributed by atoms with Crippen LogP contribution in [-0.2, 0) is 0 Å². The Morgan fingerprint density at radius 1 is 0.967 bits per heavy atom. The van der Waals surface area contributed by atoms with Crippen LogP contribution in [0.25, 0.3) is 22.4 Å². The van der Waals surface area contributed by atoms with Gasteiger partial charge in [-0.1, -0.05) is 13.8 Å². The second-order valence-electron chi connectivity index (χ2n) is 7.41. The number of aromatic nitrogens is 1. The molecule has 1 aromatic heterocycles. The van der Waals surface area contributed by atoms with E-state index in [0.717, 1.165) is 0 Å². The lowest BCUT2D eigenvalue weighted by molar-refractivity contribution is 0.0636. The molecule has 1 aliphatic rings. The number of benzene rings is 2. The Hall–Kier alpha value is -3.68. The standard InChI is InChI=1S/C22H20N2O6/c1-11(2)10-24-20(25)13-6-5-12(7-14(13)21(24)26)19-23-16-9-18(29-4)17(28-3)8-15(16)22(27)30-19/h5-9,11H,10H2,1-4H3. The van der Waals surface area contributed by atoms with Gasteiger partial charge >= 0.3 is 5.63 Å². The van der Waals surface area contributed by atoms with Crippen LogP contribution in [0.3, 0.4) is 0 Å². The average molecular weight is 408 g/mol. The summed E-state index contributed by atoms with van der Waals surface area (Å²) in [6, 6.07) is 7.80. The quantitative estimate of drug-likeness (QED) is 0.598. The molecule has 8 nitrogen and oxygen atoms in total. The minimum Gasteiger partial charge on any atom is -0.493 e. The Morgan fingerprint density at radius 2 is 1.63 bits per heavy atom. The largest absolute Gasteiger partial charge is 0.493 e. The normalized spacial score (nSPS) is 13.3. The first-order valence-electron chi connectivity index (χ1n) is 9.41. The maximum Gasteiger partial charge on any atom is 0.347 e. The molecule has 0 saturated carbocycles. The van der Waals surface area contributed by atoms with Gasteiger partial charge in [-0.3, -0.25) is 14.5 Å². The van der Waals surface area contributed by atoms with Crippen LogP contribution in [0.4, 0.5) is 0 Å². The van der Waals surface area contributed by atoms with Gasteiger partial charge in [-0.25, -0.2) is 9.78 Å². The van der Waals surface area contributed by atoms with E-state index < -0.39 is 5.63 Å². The molecule has 2 heterocycles. The molecule has 0 aliphatic carbocycles. The number of hydrogen-bond donors (Lipinski definition) is 0.